The highest BCUT2D eigenvalue weighted by molar-refractivity contribution is 5.96. The Labute approximate surface area is 108 Å². The molecule has 2 aliphatic rings. The van der Waals surface area contributed by atoms with Crippen LogP contribution in [0.2, 0.25) is 0 Å². The number of rotatable bonds is 2. The van der Waals surface area contributed by atoms with Crippen molar-refractivity contribution in [2.24, 2.45) is 0 Å². The number of hydrogen-bond donors (Lipinski definition) is 0. The van der Waals surface area contributed by atoms with E-state index in [-0.39, 0.29) is 12.1 Å². The minimum Gasteiger partial charge on any atom is -0.326 e. The zero-order chi connectivity index (χ0) is 12.9. The normalized spacial score (nSPS) is 23.4. The van der Waals surface area contributed by atoms with E-state index in [4.69, 9.17) is 0 Å². The minimum absolute atomic E-state index is 0.0878. The van der Waals surface area contributed by atoms with E-state index >= 15 is 0 Å². The maximum atomic E-state index is 12.3. The van der Waals surface area contributed by atoms with Crippen LogP contribution in [0, 0.1) is 0 Å². The van der Waals surface area contributed by atoms with Crippen molar-refractivity contribution < 1.29 is 4.79 Å². The van der Waals surface area contributed by atoms with Crippen LogP contribution in [-0.2, 0) is 6.42 Å². The third kappa shape index (κ3) is 1.81. The average molecular weight is 245 g/mol. The number of aromatic nitrogens is 1. The van der Waals surface area contributed by atoms with E-state index in [0.717, 1.165) is 17.5 Å². The fourth-order valence-electron chi connectivity index (χ4n) is 2.67. The van der Waals surface area contributed by atoms with Gasteiger partial charge < -0.3 is 4.90 Å². The Balaban J connectivity index is 1.98. The molecule has 1 aromatic rings. The zero-order valence-electron chi connectivity index (χ0n) is 11.2. The SMILES string of the molecule is CN(C)C1Cc2cc(C3CC3)ncc2C(=O)N1C. The molecule has 0 bridgehead atoms. The van der Waals surface area contributed by atoms with Gasteiger partial charge in [0.1, 0.15) is 0 Å². The van der Waals surface area contributed by atoms with E-state index in [9.17, 15) is 4.79 Å². The number of nitrogens with zero attached hydrogens (tertiary/aromatic N) is 3. The third-order valence-corrected chi connectivity index (χ3v) is 4.00. The summed E-state index contributed by atoms with van der Waals surface area (Å²) in [5.74, 6) is 0.729. The van der Waals surface area contributed by atoms with Gasteiger partial charge in [0, 0.05) is 31.3 Å². The molecule has 1 aromatic heterocycles. The number of fused-ring (bicyclic) bond motifs is 1. The molecule has 1 unspecified atom stereocenters. The van der Waals surface area contributed by atoms with Crippen LogP contribution in [0.25, 0.3) is 0 Å². The number of carbonyl (C=O) groups excluding carboxylic acids is 1. The molecular weight excluding hydrogens is 226 g/mol. The highest BCUT2D eigenvalue weighted by atomic mass is 16.2. The smallest absolute Gasteiger partial charge is 0.256 e. The van der Waals surface area contributed by atoms with Crippen molar-refractivity contribution in [1.29, 1.82) is 0 Å². The Morgan fingerprint density at radius 1 is 1.39 bits per heavy atom. The van der Waals surface area contributed by atoms with Crippen LogP contribution in [0.15, 0.2) is 12.3 Å². The summed E-state index contributed by atoms with van der Waals surface area (Å²) in [4.78, 5) is 20.6. The largest absolute Gasteiger partial charge is 0.326 e. The molecule has 1 fully saturated rings. The second-order valence-corrected chi connectivity index (χ2v) is 5.61. The van der Waals surface area contributed by atoms with Crippen LogP contribution >= 0.6 is 0 Å². The van der Waals surface area contributed by atoms with E-state index in [2.05, 4.69) is 16.0 Å². The van der Waals surface area contributed by atoms with Gasteiger partial charge in [-0.2, -0.15) is 0 Å². The topological polar surface area (TPSA) is 36.4 Å². The van der Waals surface area contributed by atoms with Crippen LogP contribution in [0.1, 0.15) is 40.4 Å². The van der Waals surface area contributed by atoms with Gasteiger partial charge >= 0.3 is 0 Å². The van der Waals surface area contributed by atoms with Crippen molar-refractivity contribution in [3.63, 3.8) is 0 Å². The van der Waals surface area contributed by atoms with Crippen molar-refractivity contribution in [1.82, 2.24) is 14.8 Å². The van der Waals surface area contributed by atoms with Gasteiger partial charge in [-0.1, -0.05) is 0 Å². The summed E-state index contributed by atoms with van der Waals surface area (Å²) in [6, 6.07) is 2.15. The van der Waals surface area contributed by atoms with Gasteiger partial charge in [0.2, 0.25) is 0 Å². The number of hydrogen-bond acceptors (Lipinski definition) is 3. The first-order chi connectivity index (χ1) is 8.58. The molecule has 1 amide bonds. The zero-order valence-corrected chi connectivity index (χ0v) is 11.2. The van der Waals surface area contributed by atoms with Crippen molar-refractivity contribution in [2.75, 3.05) is 21.1 Å². The molecule has 0 radical (unpaired) electrons. The van der Waals surface area contributed by atoms with Crippen molar-refractivity contribution in [3.8, 4) is 0 Å². The second kappa shape index (κ2) is 4.05. The number of carbonyl (C=O) groups is 1. The van der Waals surface area contributed by atoms with Crippen LogP contribution in [0.4, 0.5) is 0 Å². The van der Waals surface area contributed by atoms with Gasteiger partial charge in [0.15, 0.2) is 0 Å². The Bertz CT molecular complexity index is 494. The Kier molecular flexibility index (Phi) is 2.63. The predicted octanol–water partition coefficient (Wildman–Crippen LogP) is 1.47. The lowest BCUT2D eigenvalue weighted by Crippen LogP contribution is -2.50. The number of amides is 1. The van der Waals surface area contributed by atoms with E-state index in [1.807, 2.05) is 21.1 Å². The van der Waals surface area contributed by atoms with Crippen molar-refractivity contribution in [3.05, 3.63) is 29.1 Å². The van der Waals surface area contributed by atoms with Gasteiger partial charge in [0.25, 0.3) is 5.91 Å². The molecule has 18 heavy (non-hydrogen) atoms. The van der Waals surface area contributed by atoms with Crippen molar-refractivity contribution >= 4 is 5.91 Å². The fraction of sp³-hybridized carbons (Fsp3) is 0.571. The summed E-state index contributed by atoms with van der Waals surface area (Å²) >= 11 is 0. The molecule has 0 aromatic carbocycles. The first kappa shape index (κ1) is 11.7. The lowest BCUT2D eigenvalue weighted by atomic mass is 9.97. The summed E-state index contributed by atoms with van der Waals surface area (Å²) in [5.41, 5.74) is 3.11. The predicted molar refractivity (Wildman–Crippen MR) is 69.5 cm³/mol. The second-order valence-electron chi connectivity index (χ2n) is 5.61. The molecule has 0 N–H and O–H groups in total. The van der Waals surface area contributed by atoms with Crippen LogP contribution in [0.5, 0.6) is 0 Å². The minimum atomic E-state index is 0.0878. The molecule has 2 heterocycles. The average Bonchev–Trinajstić information content (AvgIpc) is 3.17. The Morgan fingerprint density at radius 2 is 2.11 bits per heavy atom. The first-order valence-corrected chi connectivity index (χ1v) is 6.50. The van der Waals surface area contributed by atoms with Crippen LogP contribution in [-0.4, -0.2) is 48.0 Å². The third-order valence-electron chi connectivity index (χ3n) is 4.00. The molecule has 1 saturated carbocycles. The van der Waals surface area contributed by atoms with Gasteiger partial charge in [-0.15, -0.1) is 0 Å². The lowest BCUT2D eigenvalue weighted by molar-refractivity contribution is 0.0504. The Morgan fingerprint density at radius 3 is 2.72 bits per heavy atom. The number of likely N-dealkylation sites (N-methyl/N-ethyl adjacent to an activating group) is 2. The summed E-state index contributed by atoms with van der Waals surface area (Å²) in [5, 5.41) is 0. The fourth-order valence-corrected chi connectivity index (χ4v) is 2.67. The summed E-state index contributed by atoms with van der Waals surface area (Å²) < 4.78 is 0. The van der Waals surface area contributed by atoms with E-state index in [1.54, 1.807) is 11.1 Å². The van der Waals surface area contributed by atoms with Crippen molar-refractivity contribution in [2.45, 2.75) is 31.3 Å². The number of pyridine rings is 1. The van der Waals surface area contributed by atoms with Gasteiger partial charge in [-0.05, 0) is 38.6 Å². The monoisotopic (exact) mass is 245 g/mol. The molecule has 1 aliphatic heterocycles. The van der Waals surface area contributed by atoms with E-state index in [0.29, 0.717) is 5.92 Å². The highest BCUT2D eigenvalue weighted by Crippen LogP contribution is 2.39. The highest BCUT2D eigenvalue weighted by Gasteiger charge is 2.33. The summed E-state index contributed by atoms with van der Waals surface area (Å²) in [7, 11) is 5.90. The molecular formula is C14H19N3O. The van der Waals surface area contributed by atoms with E-state index < -0.39 is 0 Å². The van der Waals surface area contributed by atoms with Gasteiger partial charge in [-0.3, -0.25) is 14.7 Å². The van der Waals surface area contributed by atoms with Gasteiger partial charge in [-0.25, -0.2) is 0 Å². The molecule has 4 heteroatoms. The maximum absolute atomic E-state index is 12.3. The summed E-state index contributed by atoms with van der Waals surface area (Å²) in [6.45, 7) is 0. The Hall–Kier alpha value is -1.42. The molecule has 1 atom stereocenters. The molecule has 0 spiro atoms. The molecule has 1 aliphatic carbocycles. The lowest BCUT2D eigenvalue weighted by Gasteiger charge is -2.37. The summed E-state index contributed by atoms with van der Waals surface area (Å²) in [6.07, 6.45) is 5.31. The molecule has 96 valence electrons. The maximum Gasteiger partial charge on any atom is 0.256 e. The first-order valence-electron chi connectivity index (χ1n) is 6.50. The van der Waals surface area contributed by atoms with E-state index in [1.165, 1.54) is 18.5 Å². The van der Waals surface area contributed by atoms with Crippen LogP contribution < -0.4 is 0 Å². The molecule has 3 rings (SSSR count). The van der Waals surface area contributed by atoms with Crippen LogP contribution in [0.3, 0.4) is 0 Å². The molecule has 0 saturated heterocycles. The quantitative estimate of drug-likeness (QED) is 0.792. The molecule has 4 nitrogen and oxygen atoms in total. The van der Waals surface area contributed by atoms with Gasteiger partial charge in [0.05, 0.1) is 11.7 Å². The standard InChI is InChI=1S/C14H19N3O/c1-16(2)13-7-10-6-12(9-4-5-9)15-8-11(10)14(18)17(13)3/h6,8-9,13H,4-5,7H2,1-3H3.